The minimum atomic E-state index is 1.07. The van der Waals surface area contributed by atoms with Gasteiger partial charge in [-0.25, -0.2) is 5.43 Å². The van der Waals surface area contributed by atoms with Crippen LogP contribution in [0.4, 0.5) is 0 Å². The number of hydrogen-bond acceptors (Lipinski definition) is 2. The molecule has 9 heavy (non-hydrogen) atoms. The first-order chi connectivity index (χ1) is 4.39. The van der Waals surface area contributed by atoms with E-state index >= 15 is 0 Å². The van der Waals surface area contributed by atoms with E-state index in [2.05, 4.69) is 17.4 Å². The molecule has 2 nitrogen and oxygen atoms in total. The minimum Gasteiger partial charge on any atom is -0.326 e. The lowest BCUT2D eigenvalue weighted by atomic mass is 10.1. The molecular weight excluding hydrogens is 112 g/mol. The fourth-order valence-electron chi connectivity index (χ4n) is 0.979. The summed E-state index contributed by atoms with van der Waals surface area (Å²) in [6, 6.07) is 0. The molecule has 0 atom stereocenters. The Morgan fingerprint density at radius 1 is 1.22 bits per heavy atom. The average molecular weight is 126 g/mol. The second-order valence-electron chi connectivity index (χ2n) is 2.47. The lowest BCUT2D eigenvalue weighted by molar-refractivity contribution is 0.504. The molecule has 0 aromatic carbocycles. The van der Waals surface area contributed by atoms with Crippen molar-refractivity contribution in [3.8, 4) is 0 Å². The van der Waals surface area contributed by atoms with Crippen LogP contribution in [0.5, 0.6) is 0 Å². The van der Waals surface area contributed by atoms with E-state index in [9.17, 15) is 0 Å². The van der Waals surface area contributed by atoms with E-state index in [4.69, 9.17) is 0 Å². The average Bonchev–Trinajstić information content (AvgIpc) is 1.79. The molecule has 1 rings (SSSR count). The molecule has 52 valence electrons. The van der Waals surface area contributed by atoms with Crippen molar-refractivity contribution in [3.05, 3.63) is 12.3 Å². The van der Waals surface area contributed by atoms with Crippen LogP contribution in [-0.2, 0) is 0 Å². The van der Waals surface area contributed by atoms with Gasteiger partial charge in [0.05, 0.1) is 0 Å². The summed E-state index contributed by atoms with van der Waals surface area (Å²) in [5.74, 6) is 0. The van der Waals surface area contributed by atoms with Gasteiger partial charge in [0.25, 0.3) is 0 Å². The zero-order valence-corrected chi connectivity index (χ0v) is 5.74. The van der Waals surface area contributed by atoms with E-state index in [0.29, 0.717) is 0 Å². The lowest BCUT2D eigenvalue weighted by Crippen LogP contribution is -2.32. The van der Waals surface area contributed by atoms with Gasteiger partial charge in [0.2, 0.25) is 0 Å². The summed E-state index contributed by atoms with van der Waals surface area (Å²) < 4.78 is 0. The third kappa shape index (κ3) is 2.51. The molecule has 1 fully saturated rings. The largest absolute Gasteiger partial charge is 0.326 e. The fraction of sp³-hybridized carbons (Fsp3) is 0.714. The Kier molecular flexibility index (Phi) is 2.58. The van der Waals surface area contributed by atoms with E-state index in [0.717, 1.165) is 18.7 Å². The normalized spacial score (nSPS) is 22.0. The summed E-state index contributed by atoms with van der Waals surface area (Å²) in [4.78, 5) is 0. The number of nitrogens with one attached hydrogen (secondary N) is 2. The van der Waals surface area contributed by atoms with E-state index < -0.39 is 0 Å². The molecule has 1 heterocycles. The monoisotopic (exact) mass is 126 g/mol. The number of hydrazine groups is 1. The van der Waals surface area contributed by atoms with Crippen LogP contribution >= 0.6 is 0 Å². The summed E-state index contributed by atoms with van der Waals surface area (Å²) >= 11 is 0. The molecule has 0 amide bonds. The van der Waals surface area contributed by atoms with Crippen molar-refractivity contribution in [2.24, 2.45) is 0 Å². The van der Waals surface area contributed by atoms with Crippen LogP contribution in [0.1, 0.15) is 25.7 Å². The topological polar surface area (TPSA) is 24.1 Å². The lowest BCUT2D eigenvalue weighted by Gasteiger charge is -2.13. The van der Waals surface area contributed by atoms with Crippen LogP contribution in [0.3, 0.4) is 0 Å². The first-order valence-corrected chi connectivity index (χ1v) is 3.56. The van der Waals surface area contributed by atoms with Crippen molar-refractivity contribution in [2.45, 2.75) is 25.7 Å². The summed E-state index contributed by atoms with van der Waals surface area (Å²) in [5, 5.41) is 0. The minimum absolute atomic E-state index is 1.07. The Hall–Kier alpha value is -0.500. The second-order valence-corrected chi connectivity index (χ2v) is 2.47. The second kappa shape index (κ2) is 3.51. The van der Waals surface area contributed by atoms with E-state index in [1.165, 1.54) is 19.3 Å². The molecule has 0 aromatic rings. The predicted octanol–water partition coefficient (Wildman–Crippen LogP) is 1.17. The van der Waals surface area contributed by atoms with E-state index in [1.54, 1.807) is 0 Å². The summed E-state index contributed by atoms with van der Waals surface area (Å²) in [5.41, 5.74) is 7.25. The van der Waals surface area contributed by atoms with Gasteiger partial charge in [0, 0.05) is 12.2 Å². The summed E-state index contributed by atoms with van der Waals surface area (Å²) in [6.07, 6.45) is 5.01. The van der Waals surface area contributed by atoms with Crippen molar-refractivity contribution in [3.63, 3.8) is 0 Å². The number of hydrogen-bond donors (Lipinski definition) is 2. The summed E-state index contributed by atoms with van der Waals surface area (Å²) in [6.45, 7) is 4.91. The van der Waals surface area contributed by atoms with Crippen LogP contribution in [0.25, 0.3) is 0 Å². The quantitative estimate of drug-likeness (QED) is 0.509. The molecule has 0 unspecified atom stereocenters. The smallest absolute Gasteiger partial charge is 0.0190 e. The highest BCUT2D eigenvalue weighted by atomic mass is 15.4. The standard InChI is InChI=1S/C7H14N2/c1-7-5-3-2-4-6-8-9-7/h8-9H,1-6H2. The molecule has 1 saturated heterocycles. The van der Waals surface area contributed by atoms with Crippen molar-refractivity contribution < 1.29 is 0 Å². The number of allylic oxidation sites excluding steroid dienone is 1. The zero-order chi connectivity index (χ0) is 6.53. The van der Waals surface area contributed by atoms with Crippen molar-refractivity contribution >= 4 is 0 Å². The highest BCUT2D eigenvalue weighted by molar-refractivity contribution is 4.89. The van der Waals surface area contributed by atoms with Crippen LogP contribution in [0.2, 0.25) is 0 Å². The van der Waals surface area contributed by atoms with Crippen molar-refractivity contribution in [2.75, 3.05) is 6.54 Å². The maximum absolute atomic E-state index is 3.84. The molecule has 2 heteroatoms. The molecule has 2 N–H and O–H groups in total. The maximum Gasteiger partial charge on any atom is 0.0190 e. The third-order valence-corrected chi connectivity index (χ3v) is 1.55. The molecule has 1 aliphatic heterocycles. The Balaban J connectivity index is 2.20. The molecule has 0 bridgehead atoms. The Morgan fingerprint density at radius 3 is 3.00 bits per heavy atom. The van der Waals surface area contributed by atoms with Gasteiger partial charge in [-0.15, -0.1) is 0 Å². The van der Waals surface area contributed by atoms with Gasteiger partial charge in [-0.1, -0.05) is 13.0 Å². The molecule has 0 radical (unpaired) electrons. The number of rotatable bonds is 0. The molecule has 0 aromatic heterocycles. The highest BCUT2D eigenvalue weighted by Crippen LogP contribution is 2.05. The molecule has 0 saturated carbocycles. The van der Waals surface area contributed by atoms with Crippen LogP contribution in [-0.4, -0.2) is 6.54 Å². The SMILES string of the molecule is C=C1CCCCCNN1. The van der Waals surface area contributed by atoms with Crippen molar-refractivity contribution in [1.82, 2.24) is 10.9 Å². The van der Waals surface area contributed by atoms with Gasteiger partial charge in [-0.2, -0.15) is 0 Å². The molecule has 0 spiro atoms. The maximum atomic E-state index is 3.84. The van der Waals surface area contributed by atoms with Crippen molar-refractivity contribution in [1.29, 1.82) is 0 Å². The van der Waals surface area contributed by atoms with Gasteiger partial charge in [0.1, 0.15) is 0 Å². The fourth-order valence-corrected chi connectivity index (χ4v) is 0.979. The van der Waals surface area contributed by atoms with Gasteiger partial charge in [-0.05, 0) is 19.3 Å². The van der Waals surface area contributed by atoms with Crippen LogP contribution in [0.15, 0.2) is 12.3 Å². The van der Waals surface area contributed by atoms with E-state index in [-0.39, 0.29) is 0 Å². The van der Waals surface area contributed by atoms with Gasteiger partial charge in [0.15, 0.2) is 0 Å². The van der Waals surface area contributed by atoms with Crippen LogP contribution < -0.4 is 10.9 Å². The Bertz CT molecular complexity index is 89.1. The van der Waals surface area contributed by atoms with Gasteiger partial charge < -0.3 is 5.43 Å². The first-order valence-electron chi connectivity index (χ1n) is 3.56. The predicted molar refractivity (Wildman–Crippen MR) is 38.7 cm³/mol. The molecular formula is C7H14N2. The van der Waals surface area contributed by atoms with Crippen LogP contribution in [0, 0.1) is 0 Å². The Labute approximate surface area is 56.3 Å². The summed E-state index contributed by atoms with van der Waals surface area (Å²) in [7, 11) is 0. The molecule has 1 aliphatic rings. The molecule has 0 aliphatic carbocycles. The van der Waals surface area contributed by atoms with Gasteiger partial charge in [-0.3, -0.25) is 0 Å². The van der Waals surface area contributed by atoms with E-state index in [1.807, 2.05) is 0 Å². The first kappa shape index (κ1) is 6.62. The van der Waals surface area contributed by atoms with Gasteiger partial charge >= 0.3 is 0 Å². The third-order valence-electron chi connectivity index (χ3n) is 1.55. The highest BCUT2D eigenvalue weighted by Gasteiger charge is 1.97. The Morgan fingerprint density at radius 2 is 2.11 bits per heavy atom. The zero-order valence-electron chi connectivity index (χ0n) is 5.74.